The van der Waals surface area contributed by atoms with Crippen molar-refractivity contribution in [1.29, 1.82) is 0 Å². The second-order valence-electron chi connectivity index (χ2n) is 9.05. The average Bonchev–Trinajstić information content (AvgIpc) is 3.10. The summed E-state index contributed by atoms with van der Waals surface area (Å²) in [6.07, 6.45) is -3.81. The van der Waals surface area contributed by atoms with E-state index >= 15 is 0 Å². The molecule has 0 amide bonds. The van der Waals surface area contributed by atoms with Gasteiger partial charge in [-0.1, -0.05) is 72.7 Å². The number of nitrogen functional groups attached to an aromatic ring is 1. The van der Waals surface area contributed by atoms with Gasteiger partial charge < -0.3 is 20.7 Å². The first kappa shape index (κ1) is 29.2. The molecule has 2 aromatic rings. The molecule has 3 unspecified atom stereocenters. The quantitative estimate of drug-likeness (QED) is 0.171. The second-order valence-corrected chi connectivity index (χ2v) is 14.1. The van der Waals surface area contributed by atoms with Gasteiger partial charge in [-0.15, -0.1) is 0 Å². The highest BCUT2D eigenvalue weighted by atomic mass is 33.1. The minimum absolute atomic E-state index is 0.0193. The third-order valence-electron chi connectivity index (χ3n) is 4.93. The van der Waals surface area contributed by atoms with E-state index in [0.29, 0.717) is 5.75 Å². The van der Waals surface area contributed by atoms with E-state index in [0.717, 1.165) is 10.1 Å². The molecule has 2 heterocycles. The molecule has 1 saturated heterocycles. The highest BCUT2D eigenvalue weighted by molar-refractivity contribution is 8.77. The number of aromatic nitrogens is 2. The monoisotopic (exact) mass is 560 g/mol. The predicted octanol–water partition coefficient (Wildman–Crippen LogP) is 2.56. The van der Waals surface area contributed by atoms with Gasteiger partial charge in [0.25, 0.3) is 0 Å². The molecule has 36 heavy (non-hydrogen) atoms. The first-order valence-electron chi connectivity index (χ1n) is 11.3. The summed E-state index contributed by atoms with van der Waals surface area (Å²) in [5.74, 6) is 0.601. The number of aliphatic hydroxyl groups is 2. The molecule has 11 nitrogen and oxygen atoms in total. The number of anilines is 1. The van der Waals surface area contributed by atoms with Crippen LogP contribution in [0.15, 0.2) is 47.4 Å². The maximum Gasteiger partial charge on any atom is 0.405 e. The Kier molecular flexibility index (Phi) is 10.4. The van der Waals surface area contributed by atoms with Crippen molar-refractivity contribution in [2.24, 2.45) is 0 Å². The van der Waals surface area contributed by atoms with Crippen LogP contribution in [0.2, 0.25) is 0 Å². The zero-order chi connectivity index (χ0) is 26.3. The van der Waals surface area contributed by atoms with Crippen LogP contribution in [0.3, 0.4) is 0 Å². The Bertz CT molecular complexity index is 1090. The van der Waals surface area contributed by atoms with Gasteiger partial charge in [0.05, 0.1) is 13.2 Å². The lowest BCUT2D eigenvalue weighted by molar-refractivity contribution is -0.0532. The fourth-order valence-corrected chi connectivity index (χ4v) is 6.74. The maximum absolute atomic E-state index is 13.5. The van der Waals surface area contributed by atoms with Crippen LogP contribution in [0.4, 0.5) is 5.82 Å². The van der Waals surface area contributed by atoms with Gasteiger partial charge in [-0.05, 0) is 11.6 Å². The molecular formula is C22H33N4O7PS2. The summed E-state index contributed by atoms with van der Waals surface area (Å²) in [6, 6.07) is 10.7. The number of ether oxygens (including phenoxy) is 1. The molecule has 0 bridgehead atoms. The molecule has 0 radical (unpaired) electrons. The number of hydrogen-bond donors (Lipinski definition) is 4. The van der Waals surface area contributed by atoms with Crippen molar-refractivity contribution in [1.82, 2.24) is 14.6 Å². The number of nitrogens with zero attached hydrogens (tertiary/aromatic N) is 2. The normalized spacial score (nSPS) is 24.0. The maximum atomic E-state index is 13.5. The van der Waals surface area contributed by atoms with Gasteiger partial charge in [-0.2, -0.15) is 4.98 Å². The third-order valence-corrected chi connectivity index (χ3v) is 9.79. The minimum Gasteiger partial charge on any atom is -0.387 e. The molecule has 1 aromatic carbocycles. The van der Waals surface area contributed by atoms with Crippen LogP contribution < -0.4 is 16.5 Å². The van der Waals surface area contributed by atoms with Gasteiger partial charge in [-0.3, -0.25) is 13.6 Å². The lowest BCUT2D eigenvalue weighted by atomic mass is 10.1. The van der Waals surface area contributed by atoms with Crippen molar-refractivity contribution in [3.05, 3.63) is 58.6 Å². The molecule has 1 aliphatic rings. The molecule has 0 saturated carbocycles. The first-order chi connectivity index (χ1) is 17.0. The molecule has 5 N–H and O–H groups in total. The Morgan fingerprint density at radius 1 is 1.19 bits per heavy atom. The zero-order valence-corrected chi connectivity index (χ0v) is 22.9. The molecule has 3 rings (SSSR count). The standard InChI is InChI=1S/C22H33N4O7PS2/c1-22(2,3)36-35-12-11-31-34(30,24-13-15-7-5-4-6-8-15)32-14-16-18(27)19(28)20(33-16)26-10-9-17(23)25-21(26)29/h4-10,16,18-20,27-28H,11-14H2,1-3H3,(H,24,30)(H2,23,25,29)/t16-,18?,19?,20-,34?/m1/s1. The number of nitrogens with two attached hydrogens (primary N) is 1. The summed E-state index contributed by atoms with van der Waals surface area (Å²) in [4.78, 5) is 15.8. The SMILES string of the molecule is CC(C)(C)SSCCOP(=O)(NCc1ccccc1)OC[C@H]1O[C@@H](n2ccc(N)nc2=O)C(O)C1O. The highest BCUT2D eigenvalue weighted by Crippen LogP contribution is 2.46. The van der Waals surface area contributed by atoms with Crippen molar-refractivity contribution in [2.45, 2.75) is 56.6 Å². The van der Waals surface area contributed by atoms with Crippen LogP contribution in [-0.4, -0.2) is 61.8 Å². The van der Waals surface area contributed by atoms with E-state index in [1.807, 2.05) is 30.3 Å². The lowest BCUT2D eigenvalue weighted by Crippen LogP contribution is -2.36. The number of rotatable bonds is 12. The van der Waals surface area contributed by atoms with Crippen LogP contribution in [0.25, 0.3) is 0 Å². The molecule has 1 aromatic heterocycles. The molecule has 1 aliphatic heterocycles. The number of benzene rings is 1. The minimum atomic E-state index is -3.81. The topological polar surface area (TPSA) is 158 Å². The average molecular weight is 561 g/mol. The largest absolute Gasteiger partial charge is 0.405 e. The summed E-state index contributed by atoms with van der Waals surface area (Å²) >= 11 is 0. The van der Waals surface area contributed by atoms with Gasteiger partial charge >= 0.3 is 13.4 Å². The van der Waals surface area contributed by atoms with E-state index in [1.165, 1.54) is 12.3 Å². The van der Waals surface area contributed by atoms with Gasteiger partial charge in [0, 0.05) is 23.2 Å². The zero-order valence-electron chi connectivity index (χ0n) is 20.4. The van der Waals surface area contributed by atoms with Crippen molar-refractivity contribution in [3.8, 4) is 0 Å². The van der Waals surface area contributed by atoms with Crippen molar-refractivity contribution >= 4 is 35.2 Å². The van der Waals surface area contributed by atoms with E-state index in [9.17, 15) is 19.6 Å². The van der Waals surface area contributed by atoms with Gasteiger partial charge in [-0.25, -0.2) is 14.4 Å². The fraction of sp³-hybridized carbons (Fsp3) is 0.545. The summed E-state index contributed by atoms with van der Waals surface area (Å²) < 4.78 is 31.5. The smallest absolute Gasteiger partial charge is 0.387 e. The summed E-state index contributed by atoms with van der Waals surface area (Å²) in [5.41, 5.74) is 5.65. The number of aliphatic hydroxyl groups excluding tert-OH is 2. The Hall–Kier alpha value is -1.41. The number of hydrogen-bond acceptors (Lipinski definition) is 11. The molecule has 14 heteroatoms. The van der Waals surface area contributed by atoms with Crippen LogP contribution in [0, 0.1) is 0 Å². The van der Waals surface area contributed by atoms with Gasteiger partial charge in [0.1, 0.15) is 24.1 Å². The van der Waals surface area contributed by atoms with Crippen LogP contribution in [0.1, 0.15) is 32.6 Å². The Morgan fingerprint density at radius 3 is 2.58 bits per heavy atom. The molecule has 5 atom stereocenters. The lowest BCUT2D eigenvalue weighted by Gasteiger charge is -2.22. The molecule has 0 aliphatic carbocycles. The van der Waals surface area contributed by atoms with Crippen LogP contribution in [0.5, 0.6) is 0 Å². The van der Waals surface area contributed by atoms with Crippen molar-refractivity contribution in [3.63, 3.8) is 0 Å². The Morgan fingerprint density at radius 2 is 1.92 bits per heavy atom. The predicted molar refractivity (Wildman–Crippen MR) is 141 cm³/mol. The van der Waals surface area contributed by atoms with Crippen molar-refractivity contribution < 1.29 is 28.6 Å². The fourth-order valence-electron chi connectivity index (χ4n) is 3.21. The highest BCUT2D eigenvalue weighted by Gasteiger charge is 2.45. The molecular weight excluding hydrogens is 527 g/mol. The van der Waals surface area contributed by atoms with Crippen LogP contribution >= 0.6 is 29.3 Å². The Balaban J connectivity index is 1.63. The third kappa shape index (κ3) is 8.57. The second kappa shape index (κ2) is 12.9. The first-order valence-corrected chi connectivity index (χ1v) is 15.2. The molecule has 1 fully saturated rings. The summed E-state index contributed by atoms with van der Waals surface area (Å²) in [7, 11) is -0.520. The van der Waals surface area contributed by atoms with Crippen molar-refractivity contribution in [2.75, 3.05) is 24.7 Å². The number of nitrogens with one attached hydrogen (secondary N) is 1. The Labute approximate surface area is 218 Å². The van der Waals surface area contributed by atoms with E-state index < -0.39 is 38.0 Å². The molecule has 200 valence electrons. The van der Waals surface area contributed by atoms with E-state index in [1.54, 1.807) is 21.6 Å². The van der Waals surface area contributed by atoms with Gasteiger partial charge in [0.15, 0.2) is 6.23 Å². The summed E-state index contributed by atoms with van der Waals surface area (Å²) in [6.45, 7) is 6.35. The van der Waals surface area contributed by atoms with Gasteiger partial charge in [0.2, 0.25) is 0 Å². The summed E-state index contributed by atoms with van der Waals surface area (Å²) in [5, 5.41) is 23.8. The van der Waals surface area contributed by atoms with E-state index in [-0.39, 0.29) is 30.3 Å². The van der Waals surface area contributed by atoms with E-state index in [2.05, 4.69) is 30.8 Å². The van der Waals surface area contributed by atoms with Crippen LogP contribution in [-0.2, 0) is 24.9 Å². The molecule has 0 spiro atoms. The van der Waals surface area contributed by atoms with E-state index in [4.69, 9.17) is 19.5 Å².